The minimum Gasteiger partial charge on any atom is -0.365 e. The molecule has 0 saturated carbocycles. The van der Waals surface area contributed by atoms with Gasteiger partial charge in [0.25, 0.3) is 5.91 Å². The van der Waals surface area contributed by atoms with Crippen LogP contribution in [0, 0.1) is 0 Å². The van der Waals surface area contributed by atoms with E-state index >= 15 is 0 Å². The van der Waals surface area contributed by atoms with Gasteiger partial charge in [0, 0.05) is 13.6 Å². The highest BCUT2D eigenvalue weighted by atomic mass is 35.5. The molecule has 1 aromatic heterocycles. The van der Waals surface area contributed by atoms with E-state index in [-0.39, 0.29) is 5.91 Å². The number of halogens is 1. The number of nitrogens with one attached hydrogen (secondary N) is 2. The van der Waals surface area contributed by atoms with Crippen LogP contribution in [0.1, 0.15) is 15.2 Å². The lowest BCUT2D eigenvalue weighted by Crippen LogP contribution is -2.13. The zero-order valence-corrected chi connectivity index (χ0v) is 11.8. The van der Waals surface area contributed by atoms with Crippen LogP contribution >= 0.6 is 22.9 Å². The van der Waals surface area contributed by atoms with Gasteiger partial charge in [0.05, 0.1) is 16.9 Å². The van der Waals surface area contributed by atoms with Gasteiger partial charge in [0.15, 0.2) is 5.13 Å². The Bertz CT molecular complexity index is 599. The lowest BCUT2D eigenvalue weighted by Gasteiger charge is -2.10. The van der Waals surface area contributed by atoms with Gasteiger partial charge in [-0.15, -0.1) is 0 Å². The molecule has 0 saturated heterocycles. The quantitative estimate of drug-likeness (QED) is 0.810. The number of benzene rings is 1. The van der Waals surface area contributed by atoms with Crippen LogP contribution in [-0.2, 0) is 6.54 Å². The molecule has 0 aliphatic rings. The topological polar surface area (TPSA) is 80.0 Å². The molecule has 1 heterocycles. The number of para-hydroxylation sites is 1. The third-order valence-corrected chi connectivity index (χ3v) is 3.83. The third-order valence-electron chi connectivity index (χ3n) is 2.50. The standard InChI is InChI=1S/C12H13ClN4OS/c1-15-12-16-6-9(19-12)11(18)17-10-7(5-14)3-2-4-8(10)13/h2-4,6H,5,14H2,1H3,(H,15,16)(H,17,18). The second-order valence-corrected chi connectivity index (χ2v) is 5.15. The van der Waals surface area contributed by atoms with E-state index in [9.17, 15) is 4.79 Å². The number of anilines is 2. The molecule has 0 atom stereocenters. The van der Waals surface area contributed by atoms with Crippen molar-refractivity contribution in [3.8, 4) is 0 Å². The van der Waals surface area contributed by atoms with Crippen LogP contribution in [0.25, 0.3) is 0 Å². The zero-order chi connectivity index (χ0) is 13.8. The van der Waals surface area contributed by atoms with Crippen LogP contribution in [0.4, 0.5) is 10.8 Å². The van der Waals surface area contributed by atoms with Crippen LogP contribution in [0.5, 0.6) is 0 Å². The molecule has 7 heteroatoms. The number of nitrogens with two attached hydrogens (primary N) is 1. The van der Waals surface area contributed by atoms with E-state index in [0.717, 1.165) is 5.56 Å². The fraction of sp³-hybridized carbons (Fsp3) is 0.167. The van der Waals surface area contributed by atoms with Crippen LogP contribution < -0.4 is 16.4 Å². The van der Waals surface area contributed by atoms with E-state index in [1.807, 2.05) is 6.07 Å². The molecule has 0 spiro atoms. The Morgan fingerprint density at radius 2 is 2.32 bits per heavy atom. The summed E-state index contributed by atoms with van der Waals surface area (Å²) in [4.78, 5) is 16.7. The number of carbonyl (C=O) groups excluding carboxylic acids is 1. The van der Waals surface area contributed by atoms with Crippen molar-refractivity contribution in [2.24, 2.45) is 5.73 Å². The van der Waals surface area contributed by atoms with Crippen molar-refractivity contribution in [3.63, 3.8) is 0 Å². The monoisotopic (exact) mass is 296 g/mol. The Hall–Kier alpha value is -1.63. The van der Waals surface area contributed by atoms with Crippen LogP contribution in [0.15, 0.2) is 24.4 Å². The van der Waals surface area contributed by atoms with E-state index < -0.39 is 0 Å². The van der Waals surface area contributed by atoms with E-state index in [0.29, 0.717) is 27.3 Å². The van der Waals surface area contributed by atoms with Crippen molar-refractivity contribution in [1.29, 1.82) is 0 Å². The SMILES string of the molecule is CNc1ncc(C(=O)Nc2c(Cl)cccc2CN)s1. The van der Waals surface area contributed by atoms with Gasteiger partial charge in [0.1, 0.15) is 4.88 Å². The van der Waals surface area contributed by atoms with Gasteiger partial charge in [0.2, 0.25) is 0 Å². The highest BCUT2D eigenvalue weighted by Gasteiger charge is 2.14. The highest BCUT2D eigenvalue weighted by molar-refractivity contribution is 7.17. The van der Waals surface area contributed by atoms with Gasteiger partial charge in [-0.3, -0.25) is 4.79 Å². The molecule has 0 radical (unpaired) electrons. The van der Waals surface area contributed by atoms with Gasteiger partial charge < -0.3 is 16.4 Å². The van der Waals surface area contributed by atoms with Gasteiger partial charge in [-0.2, -0.15) is 0 Å². The van der Waals surface area contributed by atoms with Crippen LogP contribution in [0.2, 0.25) is 5.02 Å². The Kier molecular flexibility index (Phi) is 4.36. The van der Waals surface area contributed by atoms with Crippen molar-refractivity contribution in [2.75, 3.05) is 17.7 Å². The summed E-state index contributed by atoms with van der Waals surface area (Å²) < 4.78 is 0. The molecular formula is C12H13ClN4OS. The first kappa shape index (κ1) is 13.8. The first-order valence-corrected chi connectivity index (χ1v) is 6.77. The molecular weight excluding hydrogens is 284 g/mol. The largest absolute Gasteiger partial charge is 0.365 e. The van der Waals surface area contributed by atoms with Gasteiger partial charge in [-0.05, 0) is 11.6 Å². The summed E-state index contributed by atoms with van der Waals surface area (Å²) in [6, 6.07) is 5.33. The maximum Gasteiger partial charge on any atom is 0.267 e. The predicted molar refractivity (Wildman–Crippen MR) is 79.0 cm³/mol. The van der Waals surface area contributed by atoms with Gasteiger partial charge in [-0.1, -0.05) is 35.1 Å². The minimum absolute atomic E-state index is 0.248. The van der Waals surface area contributed by atoms with Crippen LogP contribution in [0.3, 0.4) is 0 Å². The number of aromatic nitrogens is 1. The van der Waals surface area contributed by atoms with Crippen LogP contribution in [-0.4, -0.2) is 17.9 Å². The number of hydrogen-bond donors (Lipinski definition) is 3. The summed E-state index contributed by atoms with van der Waals surface area (Å²) in [5, 5.41) is 6.81. The maximum atomic E-state index is 12.1. The molecule has 0 aliphatic heterocycles. The Labute approximate surface area is 119 Å². The second kappa shape index (κ2) is 6.01. The maximum absolute atomic E-state index is 12.1. The Balaban J connectivity index is 2.23. The predicted octanol–water partition coefficient (Wildman–Crippen LogP) is 2.55. The van der Waals surface area contributed by atoms with Crippen molar-refractivity contribution >= 4 is 39.7 Å². The third kappa shape index (κ3) is 3.04. The summed E-state index contributed by atoms with van der Waals surface area (Å²) in [6.45, 7) is 0.306. The van der Waals surface area contributed by atoms with Gasteiger partial charge in [-0.25, -0.2) is 4.98 Å². The first-order chi connectivity index (χ1) is 9.15. The molecule has 100 valence electrons. The fourth-order valence-corrected chi connectivity index (χ4v) is 2.45. The van der Waals surface area contributed by atoms with Crippen molar-refractivity contribution in [1.82, 2.24) is 4.98 Å². The molecule has 0 bridgehead atoms. The van der Waals surface area contributed by atoms with Gasteiger partial charge >= 0.3 is 0 Å². The Morgan fingerprint density at radius 1 is 1.53 bits per heavy atom. The van der Waals surface area contributed by atoms with Crippen molar-refractivity contribution in [2.45, 2.75) is 6.54 Å². The number of carbonyl (C=O) groups is 1. The highest BCUT2D eigenvalue weighted by Crippen LogP contribution is 2.27. The molecule has 0 aliphatic carbocycles. The molecule has 1 amide bonds. The van der Waals surface area contributed by atoms with E-state index in [1.54, 1.807) is 19.2 Å². The molecule has 4 N–H and O–H groups in total. The first-order valence-electron chi connectivity index (χ1n) is 5.58. The van der Waals surface area contributed by atoms with E-state index in [1.165, 1.54) is 17.5 Å². The summed E-state index contributed by atoms with van der Waals surface area (Å²) in [6.07, 6.45) is 1.52. The number of thiazole rings is 1. The molecule has 0 unspecified atom stereocenters. The average Bonchev–Trinajstić information content (AvgIpc) is 2.90. The summed E-state index contributed by atoms with van der Waals surface area (Å²) in [5.41, 5.74) is 6.97. The fourth-order valence-electron chi connectivity index (χ4n) is 1.55. The average molecular weight is 297 g/mol. The minimum atomic E-state index is -0.248. The van der Waals surface area contributed by atoms with Crippen molar-refractivity contribution in [3.05, 3.63) is 39.9 Å². The smallest absolute Gasteiger partial charge is 0.267 e. The van der Waals surface area contributed by atoms with E-state index in [4.69, 9.17) is 17.3 Å². The Morgan fingerprint density at radius 3 is 2.95 bits per heavy atom. The lowest BCUT2D eigenvalue weighted by molar-refractivity contribution is 0.103. The summed E-state index contributed by atoms with van der Waals surface area (Å²) in [7, 11) is 1.75. The molecule has 19 heavy (non-hydrogen) atoms. The number of rotatable bonds is 4. The van der Waals surface area contributed by atoms with Crippen molar-refractivity contribution < 1.29 is 4.79 Å². The molecule has 5 nitrogen and oxygen atoms in total. The summed E-state index contributed by atoms with van der Waals surface area (Å²) in [5.74, 6) is -0.248. The number of nitrogens with zero attached hydrogens (tertiary/aromatic N) is 1. The number of hydrogen-bond acceptors (Lipinski definition) is 5. The van der Waals surface area contributed by atoms with E-state index in [2.05, 4.69) is 15.6 Å². The normalized spacial score (nSPS) is 10.3. The molecule has 2 rings (SSSR count). The molecule has 0 fully saturated rings. The number of amides is 1. The summed E-state index contributed by atoms with van der Waals surface area (Å²) >= 11 is 7.35. The second-order valence-electron chi connectivity index (χ2n) is 3.71. The lowest BCUT2D eigenvalue weighted by atomic mass is 10.1. The zero-order valence-electron chi connectivity index (χ0n) is 10.2. The molecule has 1 aromatic carbocycles. The molecule has 2 aromatic rings.